The zero-order valence-corrected chi connectivity index (χ0v) is 16.3. The summed E-state index contributed by atoms with van der Waals surface area (Å²) in [7, 11) is -3.44. The summed E-state index contributed by atoms with van der Waals surface area (Å²) in [4.78, 5) is 12.1. The number of ether oxygens (including phenoxy) is 3. The van der Waals surface area contributed by atoms with Gasteiger partial charge < -0.3 is 14.2 Å². The van der Waals surface area contributed by atoms with Crippen molar-refractivity contribution >= 4 is 26.9 Å². The van der Waals surface area contributed by atoms with E-state index >= 15 is 0 Å². The van der Waals surface area contributed by atoms with Gasteiger partial charge in [0.1, 0.15) is 0 Å². The van der Waals surface area contributed by atoms with Gasteiger partial charge >= 0.3 is 5.97 Å². The average Bonchev–Trinajstić information content (AvgIpc) is 2.63. The van der Waals surface area contributed by atoms with Gasteiger partial charge in [-0.2, -0.15) is 8.42 Å². The number of carbonyl (C=O) groups excluding carboxylic acids is 1. The summed E-state index contributed by atoms with van der Waals surface area (Å²) in [6.45, 7) is 3.31. The Kier molecular flexibility index (Phi) is 8.18. The molecule has 0 aliphatic rings. The second-order valence-corrected chi connectivity index (χ2v) is 7.37. The molecule has 2 rings (SSSR count). The molecule has 0 spiro atoms. The molecular weight excluding hydrogens is 372 g/mol. The van der Waals surface area contributed by atoms with Crippen LogP contribution < -0.4 is 0 Å². The second kappa shape index (κ2) is 10.4. The number of hydrogen-bond acceptors (Lipinski definition) is 7. The van der Waals surface area contributed by atoms with E-state index in [0.29, 0.717) is 32.0 Å². The maximum atomic E-state index is 12.1. The number of hydrogen-bond donors (Lipinski definition) is 0. The largest absolute Gasteiger partial charge is 0.462 e. The molecule has 0 aliphatic carbocycles. The number of rotatable bonds is 11. The van der Waals surface area contributed by atoms with E-state index in [1.54, 1.807) is 13.0 Å². The Morgan fingerprint density at radius 1 is 0.926 bits per heavy atom. The molecule has 0 bridgehead atoms. The molecule has 0 saturated heterocycles. The van der Waals surface area contributed by atoms with E-state index in [4.69, 9.17) is 14.2 Å². The molecule has 0 unspecified atom stereocenters. The number of esters is 1. The number of carbonyl (C=O) groups is 1. The van der Waals surface area contributed by atoms with Gasteiger partial charge in [0.25, 0.3) is 10.1 Å². The predicted octanol–water partition coefficient (Wildman–Crippen LogP) is 2.53. The first-order valence-corrected chi connectivity index (χ1v) is 10.4. The summed E-state index contributed by atoms with van der Waals surface area (Å²) < 4.78 is 42.2. The molecule has 0 saturated carbocycles. The summed E-state index contributed by atoms with van der Waals surface area (Å²) in [5.74, 6) is -0.342. The lowest BCUT2D eigenvalue weighted by Gasteiger charge is -2.11. The molecule has 27 heavy (non-hydrogen) atoms. The van der Waals surface area contributed by atoms with Crippen LogP contribution in [-0.2, 0) is 35.1 Å². The number of benzene rings is 2. The molecule has 2 aromatic carbocycles. The van der Waals surface area contributed by atoms with Crippen molar-refractivity contribution in [3.8, 4) is 0 Å². The van der Waals surface area contributed by atoms with Crippen LogP contribution >= 0.6 is 0 Å². The molecule has 8 heteroatoms. The fourth-order valence-electron chi connectivity index (χ4n) is 2.52. The normalized spacial score (nSPS) is 11.6. The third-order valence-electron chi connectivity index (χ3n) is 3.66. The van der Waals surface area contributed by atoms with Gasteiger partial charge in [0.05, 0.1) is 51.5 Å². The van der Waals surface area contributed by atoms with Gasteiger partial charge in [-0.15, -0.1) is 0 Å². The molecule has 0 fully saturated rings. The highest BCUT2D eigenvalue weighted by molar-refractivity contribution is 7.85. The summed E-state index contributed by atoms with van der Waals surface area (Å²) in [6.07, 6.45) is 0.994. The van der Waals surface area contributed by atoms with Crippen molar-refractivity contribution in [2.45, 2.75) is 13.5 Å². The predicted molar refractivity (Wildman–Crippen MR) is 101 cm³/mol. The van der Waals surface area contributed by atoms with Gasteiger partial charge in [-0.3, -0.25) is 4.18 Å². The molecule has 0 aromatic heterocycles. The van der Waals surface area contributed by atoms with Crippen LogP contribution in [0.15, 0.2) is 36.4 Å². The van der Waals surface area contributed by atoms with Crippen molar-refractivity contribution in [2.75, 3.05) is 39.3 Å². The Hall–Kier alpha value is -2.00. The third-order valence-corrected chi connectivity index (χ3v) is 4.26. The first-order valence-electron chi connectivity index (χ1n) is 8.60. The lowest BCUT2D eigenvalue weighted by molar-refractivity contribution is 0.0314. The van der Waals surface area contributed by atoms with E-state index < -0.39 is 10.1 Å². The quantitative estimate of drug-likeness (QED) is 0.328. The minimum absolute atomic E-state index is 0.0151. The summed E-state index contributed by atoms with van der Waals surface area (Å²) >= 11 is 0. The Balaban J connectivity index is 1.87. The van der Waals surface area contributed by atoms with Crippen molar-refractivity contribution in [2.24, 2.45) is 0 Å². The smallest absolute Gasteiger partial charge is 0.338 e. The van der Waals surface area contributed by atoms with Gasteiger partial charge in [-0.25, -0.2) is 4.79 Å². The lowest BCUT2D eigenvalue weighted by Crippen LogP contribution is -2.12. The lowest BCUT2D eigenvalue weighted by atomic mass is 10.00. The topological polar surface area (TPSA) is 88.1 Å². The van der Waals surface area contributed by atoms with E-state index in [-0.39, 0.29) is 19.2 Å². The highest BCUT2D eigenvalue weighted by Crippen LogP contribution is 2.24. The van der Waals surface area contributed by atoms with Crippen LogP contribution in [0.1, 0.15) is 22.8 Å². The van der Waals surface area contributed by atoms with Gasteiger partial charge in [0.15, 0.2) is 0 Å². The number of fused-ring (bicyclic) bond motifs is 1. The molecule has 0 aliphatic heterocycles. The van der Waals surface area contributed by atoms with Crippen LogP contribution in [0.4, 0.5) is 0 Å². The van der Waals surface area contributed by atoms with Crippen LogP contribution in [0.25, 0.3) is 10.8 Å². The first kappa shape index (κ1) is 21.3. The van der Waals surface area contributed by atoms with Crippen LogP contribution in [0.2, 0.25) is 0 Å². The molecule has 0 radical (unpaired) electrons. The molecule has 2 aromatic rings. The monoisotopic (exact) mass is 396 g/mol. The molecule has 148 valence electrons. The molecule has 0 heterocycles. The molecule has 0 N–H and O–H groups in total. The van der Waals surface area contributed by atoms with Crippen LogP contribution in [-0.4, -0.2) is 53.7 Å². The maximum Gasteiger partial charge on any atom is 0.338 e. The van der Waals surface area contributed by atoms with Crippen molar-refractivity contribution in [3.63, 3.8) is 0 Å². The first-order chi connectivity index (χ1) is 12.9. The minimum atomic E-state index is -3.44. The zero-order valence-electron chi connectivity index (χ0n) is 15.5. The highest BCUT2D eigenvalue weighted by Gasteiger charge is 2.13. The fraction of sp³-hybridized carbons (Fsp3) is 0.421. The van der Waals surface area contributed by atoms with Crippen LogP contribution in [0.5, 0.6) is 0 Å². The molecular formula is C19H24O7S. The molecule has 0 atom stereocenters. The standard InChI is InChI=1S/C19H24O7S/c1-3-25-19(20)18-9-8-15(16-6-4-5-7-17(16)18)14-24-11-10-23-12-13-26-27(2,21)22/h4-9H,3,10-14H2,1-2H3. The minimum Gasteiger partial charge on any atom is -0.462 e. The van der Waals surface area contributed by atoms with Gasteiger partial charge in [-0.05, 0) is 29.3 Å². The molecule has 0 amide bonds. The van der Waals surface area contributed by atoms with E-state index in [0.717, 1.165) is 22.6 Å². The van der Waals surface area contributed by atoms with Gasteiger partial charge in [0, 0.05) is 0 Å². The SMILES string of the molecule is CCOC(=O)c1ccc(COCCOCCOS(C)(=O)=O)c2ccccc12. The van der Waals surface area contributed by atoms with Crippen molar-refractivity contribution in [1.82, 2.24) is 0 Å². The summed E-state index contributed by atoms with van der Waals surface area (Å²) in [5.41, 5.74) is 1.49. The Bertz CT molecular complexity index is 861. The van der Waals surface area contributed by atoms with Gasteiger partial charge in [-0.1, -0.05) is 30.3 Å². The fourth-order valence-corrected chi connectivity index (χ4v) is 2.89. The average molecular weight is 396 g/mol. The van der Waals surface area contributed by atoms with Gasteiger partial charge in [0.2, 0.25) is 0 Å². The second-order valence-electron chi connectivity index (χ2n) is 5.73. The van der Waals surface area contributed by atoms with Crippen molar-refractivity contribution < 1.29 is 31.6 Å². The maximum absolute atomic E-state index is 12.1. The Morgan fingerprint density at radius 2 is 1.59 bits per heavy atom. The summed E-state index contributed by atoms with van der Waals surface area (Å²) in [6, 6.07) is 11.2. The van der Waals surface area contributed by atoms with E-state index in [1.807, 2.05) is 30.3 Å². The van der Waals surface area contributed by atoms with Crippen molar-refractivity contribution in [3.05, 3.63) is 47.5 Å². The third kappa shape index (κ3) is 6.91. The van der Waals surface area contributed by atoms with Crippen LogP contribution in [0, 0.1) is 0 Å². The van der Waals surface area contributed by atoms with E-state index in [1.165, 1.54) is 0 Å². The van der Waals surface area contributed by atoms with E-state index in [2.05, 4.69) is 4.18 Å². The zero-order chi connectivity index (χ0) is 19.7. The molecule has 7 nitrogen and oxygen atoms in total. The Labute approximate surface area is 159 Å². The summed E-state index contributed by atoms with van der Waals surface area (Å²) in [5, 5.41) is 1.76. The van der Waals surface area contributed by atoms with E-state index in [9.17, 15) is 13.2 Å². The van der Waals surface area contributed by atoms with Crippen molar-refractivity contribution in [1.29, 1.82) is 0 Å². The van der Waals surface area contributed by atoms with Crippen LogP contribution in [0.3, 0.4) is 0 Å². The highest BCUT2D eigenvalue weighted by atomic mass is 32.2. The Morgan fingerprint density at radius 3 is 2.30 bits per heavy atom.